The highest BCUT2D eigenvalue weighted by Gasteiger charge is 2.16. The molecule has 0 aliphatic rings. The Morgan fingerprint density at radius 3 is 1.65 bits per heavy atom. The maximum absolute atomic E-state index is 2.37. The normalized spacial score (nSPS) is 11.5. The minimum Gasteiger partial charge on any atom is -0.310 e. The van der Waals surface area contributed by atoms with Crippen LogP contribution in [-0.4, -0.2) is 0 Å². The molecule has 0 atom stereocenters. The average Bonchev–Trinajstić information content (AvgIpc) is 3.59. The lowest BCUT2D eigenvalue weighted by Gasteiger charge is -2.26. The van der Waals surface area contributed by atoms with Crippen molar-refractivity contribution in [1.82, 2.24) is 0 Å². The number of hydrogen-bond donors (Lipinski definition) is 0. The molecule has 0 amide bonds. The van der Waals surface area contributed by atoms with Gasteiger partial charge in [0.05, 0.1) is 0 Å². The number of nitrogens with zero attached hydrogens (tertiary/aromatic N) is 1. The Hall–Kier alpha value is -6.48. The molecule has 0 spiro atoms. The molecule has 0 aliphatic carbocycles. The Balaban J connectivity index is 1.06. The summed E-state index contributed by atoms with van der Waals surface area (Å²) in [7, 11) is 0. The molecular weight excluding hydrogens is 647 g/mol. The number of fused-ring (bicyclic) bond motifs is 5. The Morgan fingerprint density at radius 2 is 0.865 bits per heavy atom. The van der Waals surface area contributed by atoms with Crippen LogP contribution in [0.25, 0.3) is 75.1 Å². The first-order valence-corrected chi connectivity index (χ1v) is 18.6. The van der Waals surface area contributed by atoms with Crippen LogP contribution in [0.5, 0.6) is 0 Å². The Morgan fingerprint density at radius 1 is 0.288 bits per heavy atom. The van der Waals surface area contributed by atoms with Gasteiger partial charge in [-0.2, -0.15) is 0 Å². The zero-order valence-corrected chi connectivity index (χ0v) is 29.2. The lowest BCUT2D eigenvalue weighted by atomic mass is 9.97. The van der Waals surface area contributed by atoms with E-state index in [0.29, 0.717) is 0 Å². The summed E-state index contributed by atoms with van der Waals surface area (Å²) in [6, 6.07) is 73.0. The summed E-state index contributed by atoms with van der Waals surface area (Å²) < 4.78 is 2.65. The molecule has 244 valence electrons. The molecule has 0 saturated carbocycles. The van der Waals surface area contributed by atoms with Crippen molar-refractivity contribution < 1.29 is 0 Å². The first kappa shape index (κ1) is 30.4. The Bertz CT molecular complexity index is 2890. The fraction of sp³-hybridized carbons (Fsp3) is 0. The number of hydrogen-bond acceptors (Lipinski definition) is 2. The molecule has 1 heterocycles. The summed E-state index contributed by atoms with van der Waals surface area (Å²) in [5.41, 5.74) is 10.6. The lowest BCUT2D eigenvalue weighted by molar-refractivity contribution is 1.28. The Labute approximate surface area is 307 Å². The van der Waals surface area contributed by atoms with Gasteiger partial charge in [-0.1, -0.05) is 146 Å². The highest BCUT2D eigenvalue weighted by Crippen LogP contribution is 2.41. The van der Waals surface area contributed by atoms with Crippen molar-refractivity contribution >= 4 is 70.1 Å². The van der Waals surface area contributed by atoms with Crippen molar-refractivity contribution in [2.45, 2.75) is 0 Å². The van der Waals surface area contributed by atoms with Gasteiger partial charge in [-0.15, -0.1) is 11.3 Å². The molecule has 10 aromatic rings. The van der Waals surface area contributed by atoms with Crippen molar-refractivity contribution in [2.24, 2.45) is 0 Å². The van der Waals surface area contributed by atoms with Gasteiger partial charge in [0.1, 0.15) is 0 Å². The lowest BCUT2D eigenvalue weighted by Crippen LogP contribution is -2.10. The Kier molecular flexibility index (Phi) is 7.41. The standard InChI is InChI=1S/C50H33NS/c1-2-11-38-31-39(20-19-34(38)9-1)35-21-26-42(27-22-35)51(44-14-7-13-41(32-44)46-17-8-12-37-10-3-4-15-45(37)46)43-28-23-36(24-29-43)40-25-30-48-47-16-5-6-18-49(47)52-50(48)33-40/h1-33H. The van der Waals surface area contributed by atoms with Crippen molar-refractivity contribution in [3.05, 3.63) is 200 Å². The molecule has 0 aliphatic heterocycles. The van der Waals surface area contributed by atoms with Crippen LogP contribution in [0.1, 0.15) is 0 Å². The summed E-state index contributed by atoms with van der Waals surface area (Å²) in [5, 5.41) is 7.67. The predicted octanol–water partition coefficient (Wildman–Crippen LogP) is 14.8. The van der Waals surface area contributed by atoms with Crippen LogP contribution in [0, 0.1) is 0 Å². The maximum Gasteiger partial charge on any atom is 0.0467 e. The fourth-order valence-electron chi connectivity index (χ4n) is 7.62. The van der Waals surface area contributed by atoms with Crippen molar-refractivity contribution in [2.75, 3.05) is 4.90 Å². The molecule has 10 rings (SSSR count). The first-order valence-electron chi connectivity index (χ1n) is 17.7. The highest BCUT2D eigenvalue weighted by atomic mass is 32.1. The van der Waals surface area contributed by atoms with E-state index in [0.717, 1.165) is 17.1 Å². The number of anilines is 3. The average molecular weight is 680 g/mol. The highest BCUT2D eigenvalue weighted by molar-refractivity contribution is 7.25. The van der Waals surface area contributed by atoms with Crippen LogP contribution in [0.4, 0.5) is 17.1 Å². The molecule has 52 heavy (non-hydrogen) atoms. The summed E-state index contributed by atoms with van der Waals surface area (Å²) in [4.78, 5) is 2.37. The third-order valence-corrected chi connectivity index (χ3v) is 11.4. The summed E-state index contributed by atoms with van der Waals surface area (Å²) in [5.74, 6) is 0. The topological polar surface area (TPSA) is 3.24 Å². The van der Waals surface area contributed by atoms with E-state index in [1.54, 1.807) is 0 Å². The summed E-state index contributed by atoms with van der Waals surface area (Å²) in [6.45, 7) is 0. The molecule has 0 N–H and O–H groups in total. The van der Waals surface area contributed by atoms with E-state index >= 15 is 0 Å². The molecule has 2 heteroatoms. The second-order valence-corrected chi connectivity index (χ2v) is 14.5. The molecule has 0 bridgehead atoms. The zero-order valence-electron chi connectivity index (χ0n) is 28.4. The molecule has 1 nitrogen and oxygen atoms in total. The molecule has 1 aromatic heterocycles. The number of thiophene rings is 1. The third kappa shape index (κ3) is 5.42. The molecule has 0 saturated heterocycles. The van der Waals surface area contributed by atoms with Crippen LogP contribution in [0.15, 0.2) is 200 Å². The predicted molar refractivity (Wildman–Crippen MR) is 225 cm³/mol. The third-order valence-electron chi connectivity index (χ3n) is 10.3. The van der Waals surface area contributed by atoms with E-state index in [1.165, 1.54) is 75.1 Å². The van der Waals surface area contributed by atoms with Crippen molar-refractivity contribution in [3.8, 4) is 33.4 Å². The van der Waals surface area contributed by atoms with Gasteiger partial charge in [-0.3, -0.25) is 0 Å². The largest absolute Gasteiger partial charge is 0.310 e. The maximum atomic E-state index is 2.37. The van der Waals surface area contributed by atoms with Crippen LogP contribution in [0.3, 0.4) is 0 Å². The molecule has 0 radical (unpaired) electrons. The molecule has 0 unspecified atom stereocenters. The SMILES string of the molecule is c1cc(-c2cccc3ccccc23)cc(N(c2ccc(-c3ccc4ccccc4c3)cc2)c2ccc(-c3ccc4c(c3)sc3ccccc34)cc2)c1. The van der Waals surface area contributed by atoms with Gasteiger partial charge < -0.3 is 4.90 Å². The molecule has 9 aromatic carbocycles. The van der Waals surface area contributed by atoms with Gasteiger partial charge in [-0.25, -0.2) is 0 Å². The van der Waals surface area contributed by atoms with Crippen LogP contribution >= 0.6 is 11.3 Å². The first-order chi connectivity index (χ1) is 25.7. The monoisotopic (exact) mass is 679 g/mol. The second kappa shape index (κ2) is 12.7. The van der Waals surface area contributed by atoms with Gasteiger partial charge in [-0.05, 0) is 110 Å². The number of benzene rings is 9. The van der Waals surface area contributed by atoms with Gasteiger partial charge in [0.2, 0.25) is 0 Å². The second-order valence-electron chi connectivity index (χ2n) is 13.4. The quantitative estimate of drug-likeness (QED) is 0.169. The summed E-state index contributed by atoms with van der Waals surface area (Å²) in [6.07, 6.45) is 0. The van der Waals surface area contributed by atoms with Gasteiger partial charge in [0, 0.05) is 37.2 Å². The van der Waals surface area contributed by atoms with Gasteiger partial charge in [0.25, 0.3) is 0 Å². The van der Waals surface area contributed by atoms with E-state index in [1.807, 2.05) is 11.3 Å². The smallest absolute Gasteiger partial charge is 0.0467 e. The van der Waals surface area contributed by atoms with Crippen LogP contribution in [-0.2, 0) is 0 Å². The van der Waals surface area contributed by atoms with Crippen molar-refractivity contribution in [3.63, 3.8) is 0 Å². The van der Waals surface area contributed by atoms with Crippen LogP contribution in [0.2, 0.25) is 0 Å². The minimum absolute atomic E-state index is 1.11. The van der Waals surface area contributed by atoms with E-state index < -0.39 is 0 Å². The minimum atomic E-state index is 1.11. The molecule has 0 fully saturated rings. The van der Waals surface area contributed by atoms with E-state index in [-0.39, 0.29) is 0 Å². The summed E-state index contributed by atoms with van der Waals surface area (Å²) >= 11 is 1.86. The van der Waals surface area contributed by atoms with Crippen LogP contribution < -0.4 is 4.90 Å². The van der Waals surface area contributed by atoms with Crippen molar-refractivity contribution in [1.29, 1.82) is 0 Å². The van der Waals surface area contributed by atoms with E-state index in [9.17, 15) is 0 Å². The van der Waals surface area contributed by atoms with Gasteiger partial charge in [0.15, 0.2) is 0 Å². The van der Waals surface area contributed by atoms with Gasteiger partial charge >= 0.3 is 0 Å². The van der Waals surface area contributed by atoms with E-state index in [2.05, 4.69) is 205 Å². The molecular formula is C50H33NS. The van der Waals surface area contributed by atoms with E-state index in [4.69, 9.17) is 0 Å². The zero-order chi connectivity index (χ0) is 34.4. The number of rotatable bonds is 6. The fourth-order valence-corrected chi connectivity index (χ4v) is 8.76.